The van der Waals surface area contributed by atoms with E-state index in [9.17, 15) is 23.2 Å². The quantitative estimate of drug-likeness (QED) is 0.699. The Bertz CT molecular complexity index is 998. The minimum Gasteiger partial charge on any atom is -0.384 e. The highest BCUT2D eigenvalue weighted by molar-refractivity contribution is 6.01. The van der Waals surface area contributed by atoms with Gasteiger partial charge in [-0.15, -0.1) is 0 Å². The number of nitrogens with zero attached hydrogens (tertiary/aromatic N) is 2. The van der Waals surface area contributed by atoms with E-state index in [-0.39, 0.29) is 36.0 Å². The van der Waals surface area contributed by atoms with Crippen molar-refractivity contribution in [1.29, 1.82) is 0 Å². The summed E-state index contributed by atoms with van der Waals surface area (Å²) in [5, 5.41) is 0. The number of hydrogen-bond acceptors (Lipinski definition) is 5. The summed E-state index contributed by atoms with van der Waals surface area (Å²) in [4.78, 5) is 40.4. The molecule has 0 spiro atoms. The third kappa shape index (κ3) is 4.53. The Morgan fingerprint density at radius 2 is 1.89 bits per heavy atom. The first-order chi connectivity index (χ1) is 13.0. The highest BCUT2D eigenvalue weighted by Crippen LogP contribution is 2.23. The van der Waals surface area contributed by atoms with Crippen molar-refractivity contribution < 1.29 is 13.6 Å². The van der Waals surface area contributed by atoms with Gasteiger partial charge >= 0.3 is 5.69 Å². The van der Waals surface area contributed by atoms with Gasteiger partial charge in [-0.25, -0.2) is 13.6 Å². The molecule has 7 nitrogen and oxygen atoms in total. The number of hydrogen-bond donors (Lipinski definition) is 2. The molecule has 1 atom stereocenters. The number of nitrogens with two attached hydrogens (primary N) is 1. The van der Waals surface area contributed by atoms with E-state index in [0.717, 1.165) is 22.8 Å². The summed E-state index contributed by atoms with van der Waals surface area (Å²) in [5.74, 6) is -1.96. The number of halogens is 2. The van der Waals surface area contributed by atoms with E-state index in [1.165, 1.54) is 4.90 Å². The Balaban J connectivity index is 2.33. The Kier molecular flexibility index (Phi) is 6.50. The standard InChI is InChI=1S/C19H24F2N4O3/c1-10(2)8-25-17(22)16(18(27)23-19(25)28)15(26)9-24(4)11(3)13-7-12(20)5-6-14(13)21/h5-7,10-11H,8-9,22H2,1-4H3,(H,23,27,28)/t11-/m1/s1. The molecule has 2 aromatic rings. The third-order valence-corrected chi connectivity index (χ3v) is 4.53. The zero-order chi connectivity index (χ0) is 21.2. The van der Waals surface area contributed by atoms with Crippen LogP contribution in [0.1, 0.15) is 42.7 Å². The van der Waals surface area contributed by atoms with E-state index in [2.05, 4.69) is 4.98 Å². The van der Waals surface area contributed by atoms with Gasteiger partial charge in [0.1, 0.15) is 23.0 Å². The second-order valence-corrected chi connectivity index (χ2v) is 7.20. The Morgan fingerprint density at radius 1 is 1.25 bits per heavy atom. The zero-order valence-corrected chi connectivity index (χ0v) is 16.3. The molecule has 0 aliphatic rings. The summed E-state index contributed by atoms with van der Waals surface area (Å²) >= 11 is 0. The van der Waals surface area contributed by atoms with Crippen molar-refractivity contribution in [2.45, 2.75) is 33.4 Å². The van der Waals surface area contributed by atoms with Gasteiger partial charge < -0.3 is 5.73 Å². The largest absolute Gasteiger partial charge is 0.384 e. The van der Waals surface area contributed by atoms with Crippen LogP contribution in [0.2, 0.25) is 0 Å². The number of nitrogens with one attached hydrogen (secondary N) is 1. The lowest BCUT2D eigenvalue weighted by Gasteiger charge is -2.25. The molecule has 0 saturated carbocycles. The fourth-order valence-corrected chi connectivity index (χ4v) is 2.92. The van der Waals surface area contributed by atoms with Gasteiger partial charge in [-0.05, 0) is 38.1 Å². The molecule has 0 bridgehead atoms. The summed E-state index contributed by atoms with van der Waals surface area (Å²) in [6.45, 7) is 5.30. The van der Waals surface area contributed by atoms with Crippen molar-refractivity contribution in [3.63, 3.8) is 0 Å². The number of ketones is 1. The van der Waals surface area contributed by atoms with E-state index in [1.54, 1.807) is 14.0 Å². The number of benzene rings is 1. The number of carbonyl (C=O) groups excluding carboxylic acids is 1. The van der Waals surface area contributed by atoms with Crippen LogP contribution in [0, 0.1) is 17.6 Å². The lowest BCUT2D eigenvalue weighted by atomic mass is 10.1. The van der Waals surface area contributed by atoms with Crippen LogP contribution in [-0.2, 0) is 6.54 Å². The number of nitrogen functional groups attached to an aromatic ring is 1. The molecule has 0 saturated heterocycles. The minimum atomic E-state index is -0.870. The molecule has 1 aromatic carbocycles. The lowest BCUT2D eigenvalue weighted by molar-refractivity contribution is 0.0922. The Labute approximate surface area is 160 Å². The van der Waals surface area contributed by atoms with Crippen LogP contribution < -0.4 is 17.0 Å². The van der Waals surface area contributed by atoms with E-state index in [4.69, 9.17) is 5.73 Å². The maximum Gasteiger partial charge on any atom is 0.329 e. The highest BCUT2D eigenvalue weighted by atomic mass is 19.1. The smallest absolute Gasteiger partial charge is 0.329 e. The topological polar surface area (TPSA) is 101 Å². The summed E-state index contributed by atoms with van der Waals surface area (Å²) in [7, 11) is 1.54. The molecule has 0 amide bonds. The van der Waals surface area contributed by atoms with Gasteiger partial charge in [-0.2, -0.15) is 0 Å². The van der Waals surface area contributed by atoms with E-state index >= 15 is 0 Å². The van der Waals surface area contributed by atoms with Crippen molar-refractivity contribution in [2.75, 3.05) is 19.3 Å². The second-order valence-electron chi connectivity index (χ2n) is 7.20. The van der Waals surface area contributed by atoms with E-state index in [0.29, 0.717) is 0 Å². The third-order valence-electron chi connectivity index (χ3n) is 4.53. The molecule has 28 heavy (non-hydrogen) atoms. The van der Waals surface area contributed by atoms with Crippen LogP contribution in [-0.4, -0.2) is 33.8 Å². The predicted molar refractivity (Wildman–Crippen MR) is 102 cm³/mol. The Morgan fingerprint density at radius 3 is 2.50 bits per heavy atom. The first kappa shape index (κ1) is 21.5. The normalized spacial score (nSPS) is 12.6. The van der Waals surface area contributed by atoms with Crippen LogP contribution >= 0.6 is 0 Å². The SMILES string of the molecule is CC(C)Cn1c(N)c(C(=O)CN(C)[C@H](C)c2cc(F)ccc2F)c(=O)[nH]c1=O. The first-order valence-electron chi connectivity index (χ1n) is 8.83. The molecule has 1 aromatic heterocycles. The molecule has 0 unspecified atom stereocenters. The number of rotatable bonds is 7. The molecule has 0 aliphatic carbocycles. The molecule has 152 valence electrons. The maximum atomic E-state index is 14.0. The number of Topliss-reactive ketones (excluding diaryl/α,β-unsaturated/α-hetero) is 1. The van der Waals surface area contributed by atoms with Crippen molar-refractivity contribution in [2.24, 2.45) is 5.92 Å². The molecular weight excluding hydrogens is 370 g/mol. The zero-order valence-electron chi connectivity index (χ0n) is 16.3. The average Bonchev–Trinajstić information content (AvgIpc) is 2.59. The van der Waals surface area contributed by atoms with Gasteiger partial charge in [0.05, 0.1) is 6.54 Å². The number of H-pyrrole nitrogens is 1. The van der Waals surface area contributed by atoms with Crippen molar-refractivity contribution >= 4 is 11.6 Å². The van der Waals surface area contributed by atoms with Crippen LogP contribution in [0.25, 0.3) is 0 Å². The van der Waals surface area contributed by atoms with Crippen molar-refractivity contribution in [1.82, 2.24) is 14.5 Å². The van der Waals surface area contributed by atoms with Gasteiger partial charge in [0.25, 0.3) is 5.56 Å². The maximum absolute atomic E-state index is 14.0. The number of aromatic nitrogens is 2. The lowest BCUT2D eigenvalue weighted by Crippen LogP contribution is -2.39. The summed E-state index contributed by atoms with van der Waals surface area (Å²) < 4.78 is 28.6. The molecule has 1 heterocycles. The molecule has 0 aliphatic heterocycles. The van der Waals surface area contributed by atoms with Crippen molar-refractivity contribution in [3.05, 3.63) is 61.8 Å². The van der Waals surface area contributed by atoms with Gasteiger partial charge in [-0.3, -0.25) is 24.0 Å². The fourth-order valence-electron chi connectivity index (χ4n) is 2.92. The Hall–Kier alpha value is -2.81. The summed E-state index contributed by atoms with van der Waals surface area (Å²) in [5.41, 5.74) is 4.15. The molecule has 0 radical (unpaired) electrons. The summed E-state index contributed by atoms with van der Waals surface area (Å²) in [6, 6.07) is 2.45. The van der Waals surface area contributed by atoms with Gasteiger partial charge in [0.15, 0.2) is 5.78 Å². The molecule has 9 heteroatoms. The second kappa shape index (κ2) is 8.47. The monoisotopic (exact) mass is 394 g/mol. The van der Waals surface area contributed by atoms with Crippen LogP contribution in [0.15, 0.2) is 27.8 Å². The van der Waals surface area contributed by atoms with Crippen molar-refractivity contribution in [3.8, 4) is 0 Å². The number of carbonyl (C=O) groups is 1. The van der Waals surface area contributed by atoms with Gasteiger partial charge in [-0.1, -0.05) is 13.8 Å². The van der Waals surface area contributed by atoms with Gasteiger partial charge in [0.2, 0.25) is 0 Å². The molecule has 3 N–H and O–H groups in total. The predicted octanol–water partition coefficient (Wildman–Crippen LogP) is 1.93. The number of likely N-dealkylation sites (N-methyl/N-ethyl adjacent to an activating group) is 1. The van der Waals surface area contributed by atoms with E-state index < -0.39 is 34.7 Å². The number of aromatic amines is 1. The highest BCUT2D eigenvalue weighted by Gasteiger charge is 2.24. The molecule has 0 fully saturated rings. The van der Waals surface area contributed by atoms with Gasteiger partial charge in [0, 0.05) is 18.2 Å². The first-order valence-corrected chi connectivity index (χ1v) is 8.83. The van der Waals surface area contributed by atoms with Crippen LogP contribution in [0.5, 0.6) is 0 Å². The molecule has 2 rings (SSSR count). The summed E-state index contributed by atoms with van der Waals surface area (Å²) in [6.07, 6.45) is 0. The average molecular weight is 394 g/mol. The number of anilines is 1. The van der Waals surface area contributed by atoms with E-state index in [1.807, 2.05) is 13.8 Å². The minimum absolute atomic E-state index is 0.0625. The van der Waals surface area contributed by atoms with Crippen LogP contribution in [0.3, 0.4) is 0 Å². The fraction of sp³-hybridized carbons (Fsp3) is 0.421. The van der Waals surface area contributed by atoms with Crippen LogP contribution in [0.4, 0.5) is 14.6 Å². The molecular formula is C19H24F2N4O3.